The zero-order valence-electron chi connectivity index (χ0n) is 10.5. The van der Waals surface area contributed by atoms with E-state index in [-0.39, 0.29) is 6.04 Å². The highest BCUT2D eigenvalue weighted by Gasteiger charge is 2.24. The average Bonchev–Trinajstić information content (AvgIpc) is 2.64. The first-order valence-corrected chi connectivity index (χ1v) is 8.09. The Labute approximate surface area is 128 Å². The second-order valence-corrected chi connectivity index (χ2v) is 6.66. The zero-order chi connectivity index (χ0) is 13.0. The van der Waals surface area contributed by atoms with E-state index in [1.54, 1.807) is 0 Å². The number of rotatable bonds is 3. The molecule has 1 atom stereocenters. The molecule has 0 spiro atoms. The van der Waals surface area contributed by atoms with Crippen molar-refractivity contribution in [1.29, 1.82) is 0 Å². The summed E-state index contributed by atoms with van der Waals surface area (Å²) in [6.07, 6.45) is 7.88. The molecule has 1 fully saturated rings. The maximum absolute atomic E-state index is 6.12. The summed E-state index contributed by atoms with van der Waals surface area (Å²) in [5, 5.41) is 0.791. The van der Waals surface area contributed by atoms with Gasteiger partial charge in [-0.25, -0.2) is 0 Å². The number of halogens is 2. The van der Waals surface area contributed by atoms with Gasteiger partial charge in [-0.1, -0.05) is 37.3 Å². The summed E-state index contributed by atoms with van der Waals surface area (Å²) in [4.78, 5) is 0. The van der Waals surface area contributed by atoms with E-state index in [1.807, 2.05) is 6.07 Å². The van der Waals surface area contributed by atoms with Gasteiger partial charge in [-0.05, 0) is 65.1 Å². The monoisotopic (exact) mass is 378 g/mol. The molecule has 2 nitrogen and oxygen atoms in total. The predicted molar refractivity (Wildman–Crippen MR) is 85.4 cm³/mol. The van der Waals surface area contributed by atoms with Crippen LogP contribution >= 0.6 is 34.2 Å². The number of benzene rings is 1. The Bertz CT molecular complexity index is 389. The molecule has 1 unspecified atom stereocenters. The highest BCUT2D eigenvalue weighted by molar-refractivity contribution is 14.1. The topological polar surface area (TPSA) is 38.0 Å². The largest absolute Gasteiger partial charge is 0.271 e. The molecule has 100 valence electrons. The fourth-order valence-corrected chi connectivity index (χ4v) is 3.73. The average molecular weight is 379 g/mol. The van der Waals surface area contributed by atoms with E-state index in [1.165, 1.54) is 47.7 Å². The molecular formula is C14H20ClIN2. The molecule has 1 aliphatic rings. The molecule has 0 heterocycles. The highest BCUT2D eigenvalue weighted by atomic mass is 127. The van der Waals surface area contributed by atoms with Gasteiger partial charge in [-0.3, -0.25) is 11.3 Å². The van der Waals surface area contributed by atoms with E-state index in [0.29, 0.717) is 5.92 Å². The van der Waals surface area contributed by atoms with Crippen molar-refractivity contribution in [2.24, 2.45) is 11.8 Å². The van der Waals surface area contributed by atoms with Crippen molar-refractivity contribution >= 4 is 34.2 Å². The second-order valence-electron chi connectivity index (χ2n) is 5.06. The Balaban J connectivity index is 2.23. The molecule has 0 bridgehead atoms. The molecule has 18 heavy (non-hydrogen) atoms. The van der Waals surface area contributed by atoms with Crippen molar-refractivity contribution in [2.75, 3.05) is 0 Å². The second kappa shape index (κ2) is 7.08. The minimum Gasteiger partial charge on any atom is -0.271 e. The fourth-order valence-electron chi connectivity index (χ4n) is 2.88. The van der Waals surface area contributed by atoms with Crippen LogP contribution in [0.4, 0.5) is 0 Å². The van der Waals surface area contributed by atoms with Gasteiger partial charge < -0.3 is 0 Å². The molecule has 0 saturated heterocycles. The third-order valence-electron chi connectivity index (χ3n) is 3.84. The maximum atomic E-state index is 6.12. The van der Waals surface area contributed by atoms with Crippen LogP contribution in [0.5, 0.6) is 0 Å². The van der Waals surface area contributed by atoms with E-state index in [2.05, 4.69) is 40.1 Å². The van der Waals surface area contributed by atoms with Crippen LogP contribution < -0.4 is 11.3 Å². The molecule has 0 aromatic heterocycles. The minimum atomic E-state index is 0.230. The van der Waals surface area contributed by atoms with Crippen molar-refractivity contribution in [3.8, 4) is 0 Å². The van der Waals surface area contributed by atoms with Gasteiger partial charge in [0, 0.05) is 14.6 Å². The Morgan fingerprint density at radius 2 is 1.89 bits per heavy atom. The first-order valence-electron chi connectivity index (χ1n) is 6.63. The number of nitrogens with two attached hydrogens (primary N) is 1. The number of hydrogen-bond donors (Lipinski definition) is 2. The number of hydrogen-bond acceptors (Lipinski definition) is 2. The summed E-state index contributed by atoms with van der Waals surface area (Å²) in [6.45, 7) is 0. The van der Waals surface area contributed by atoms with Gasteiger partial charge in [-0.2, -0.15) is 0 Å². The third-order valence-corrected chi connectivity index (χ3v) is 5.06. The molecule has 0 aliphatic heterocycles. The lowest BCUT2D eigenvalue weighted by atomic mass is 9.87. The summed E-state index contributed by atoms with van der Waals surface area (Å²) in [7, 11) is 0. The SMILES string of the molecule is NNC(c1cc(Cl)ccc1I)C1CCCCCC1. The fraction of sp³-hybridized carbons (Fsp3) is 0.571. The van der Waals surface area contributed by atoms with E-state index in [4.69, 9.17) is 17.4 Å². The summed E-state index contributed by atoms with van der Waals surface area (Å²) in [5.41, 5.74) is 4.27. The predicted octanol–water partition coefficient (Wildman–Crippen LogP) is 4.42. The molecule has 0 radical (unpaired) electrons. The van der Waals surface area contributed by atoms with Crippen LogP contribution in [0.2, 0.25) is 5.02 Å². The van der Waals surface area contributed by atoms with Gasteiger partial charge in [0.25, 0.3) is 0 Å². The molecule has 2 rings (SSSR count). The first-order chi connectivity index (χ1) is 8.72. The van der Waals surface area contributed by atoms with Crippen LogP contribution in [0, 0.1) is 9.49 Å². The molecular weight excluding hydrogens is 359 g/mol. The summed E-state index contributed by atoms with van der Waals surface area (Å²) >= 11 is 8.48. The van der Waals surface area contributed by atoms with E-state index < -0.39 is 0 Å². The van der Waals surface area contributed by atoms with Gasteiger partial charge in [0.2, 0.25) is 0 Å². The van der Waals surface area contributed by atoms with E-state index in [9.17, 15) is 0 Å². The van der Waals surface area contributed by atoms with Crippen molar-refractivity contribution in [1.82, 2.24) is 5.43 Å². The van der Waals surface area contributed by atoms with Gasteiger partial charge in [0.05, 0.1) is 0 Å². The van der Waals surface area contributed by atoms with Crippen LogP contribution in [0.3, 0.4) is 0 Å². The molecule has 0 amide bonds. The van der Waals surface area contributed by atoms with Gasteiger partial charge in [0.1, 0.15) is 0 Å². The zero-order valence-corrected chi connectivity index (χ0v) is 13.4. The third kappa shape index (κ3) is 3.59. The minimum absolute atomic E-state index is 0.230. The lowest BCUT2D eigenvalue weighted by Crippen LogP contribution is -2.34. The Morgan fingerprint density at radius 1 is 1.22 bits per heavy atom. The summed E-state index contributed by atoms with van der Waals surface area (Å²) in [6, 6.07) is 6.29. The summed E-state index contributed by atoms with van der Waals surface area (Å²) < 4.78 is 1.24. The lowest BCUT2D eigenvalue weighted by Gasteiger charge is -2.27. The quantitative estimate of drug-likeness (QED) is 0.354. The molecule has 1 aromatic rings. The Morgan fingerprint density at radius 3 is 2.50 bits per heavy atom. The molecule has 1 aromatic carbocycles. The van der Waals surface area contributed by atoms with Gasteiger partial charge in [-0.15, -0.1) is 0 Å². The van der Waals surface area contributed by atoms with Gasteiger partial charge >= 0.3 is 0 Å². The van der Waals surface area contributed by atoms with Crippen molar-refractivity contribution in [3.05, 3.63) is 32.4 Å². The normalized spacial score (nSPS) is 19.5. The van der Waals surface area contributed by atoms with Crippen LogP contribution in [0.1, 0.15) is 50.1 Å². The molecule has 1 aliphatic carbocycles. The maximum Gasteiger partial charge on any atom is 0.0499 e. The van der Waals surface area contributed by atoms with Crippen molar-refractivity contribution in [2.45, 2.75) is 44.6 Å². The van der Waals surface area contributed by atoms with Crippen molar-refractivity contribution in [3.63, 3.8) is 0 Å². The number of hydrazine groups is 1. The summed E-state index contributed by atoms with van der Waals surface area (Å²) in [5.74, 6) is 6.44. The number of nitrogens with one attached hydrogen (secondary N) is 1. The molecule has 1 saturated carbocycles. The van der Waals surface area contributed by atoms with E-state index >= 15 is 0 Å². The van der Waals surface area contributed by atoms with Crippen LogP contribution in [-0.2, 0) is 0 Å². The first kappa shape index (κ1) is 14.6. The van der Waals surface area contributed by atoms with Gasteiger partial charge in [0.15, 0.2) is 0 Å². The Kier molecular flexibility index (Phi) is 5.73. The van der Waals surface area contributed by atoms with Crippen LogP contribution in [0.25, 0.3) is 0 Å². The van der Waals surface area contributed by atoms with Crippen LogP contribution in [-0.4, -0.2) is 0 Å². The van der Waals surface area contributed by atoms with E-state index in [0.717, 1.165) is 5.02 Å². The molecule has 3 N–H and O–H groups in total. The van der Waals surface area contributed by atoms with Crippen LogP contribution in [0.15, 0.2) is 18.2 Å². The van der Waals surface area contributed by atoms with Crippen molar-refractivity contribution < 1.29 is 0 Å². The smallest absolute Gasteiger partial charge is 0.0499 e. The molecule has 4 heteroatoms. The lowest BCUT2D eigenvalue weighted by molar-refractivity contribution is 0.328. The standard InChI is InChI=1S/C14H20ClIN2/c15-11-7-8-13(16)12(9-11)14(18-17)10-5-3-1-2-4-6-10/h7-10,14,18H,1-6,17H2. The Hall–Kier alpha value is 0.160. The highest BCUT2D eigenvalue weighted by Crippen LogP contribution is 2.35.